The maximum atomic E-state index is 11.2. The number of ketones is 1. The molecular formula is C19H30N2O2. The molecule has 3 N–H and O–H groups in total. The van der Waals surface area contributed by atoms with Crippen molar-refractivity contribution in [2.45, 2.75) is 60.0 Å². The van der Waals surface area contributed by atoms with Crippen LogP contribution in [0.5, 0.6) is 0 Å². The zero-order chi connectivity index (χ0) is 17.8. The monoisotopic (exact) mass is 318 g/mol. The lowest BCUT2D eigenvalue weighted by Gasteiger charge is -2.13. The quantitative estimate of drug-likeness (QED) is 0.495. The molecule has 0 heterocycles. The zero-order valence-electron chi connectivity index (χ0n) is 15.0. The van der Waals surface area contributed by atoms with Gasteiger partial charge in [0.05, 0.1) is 6.04 Å². The summed E-state index contributed by atoms with van der Waals surface area (Å²) in [5.74, 6) is -0.485. The van der Waals surface area contributed by atoms with Gasteiger partial charge in [-0.15, -0.1) is 0 Å². The third-order valence-electron chi connectivity index (χ3n) is 3.52. The number of carbonyl (C=O) groups is 2. The van der Waals surface area contributed by atoms with Gasteiger partial charge in [-0.2, -0.15) is 0 Å². The van der Waals surface area contributed by atoms with Crippen molar-refractivity contribution in [3.63, 3.8) is 0 Å². The third kappa shape index (κ3) is 5.99. The summed E-state index contributed by atoms with van der Waals surface area (Å²) in [6.07, 6.45) is 3.98. The topological polar surface area (TPSA) is 72.2 Å². The van der Waals surface area contributed by atoms with Crippen LogP contribution in [0.25, 0.3) is 0 Å². The van der Waals surface area contributed by atoms with Gasteiger partial charge in [0.25, 0.3) is 0 Å². The fourth-order valence-corrected chi connectivity index (χ4v) is 2.34. The number of carbonyl (C=O) groups excluding carboxylic acids is 2. The molecule has 23 heavy (non-hydrogen) atoms. The number of hydrogen-bond acceptors (Lipinski definition) is 4. The van der Waals surface area contributed by atoms with Crippen LogP contribution in [0.2, 0.25) is 0 Å². The second-order valence-electron chi connectivity index (χ2n) is 4.80. The Bertz CT molecular complexity index is 536. The normalized spacial score (nSPS) is 15.4. The molecule has 0 spiro atoms. The Morgan fingerprint density at radius 3 is 2.52 bits per heavy atom. The molecule has 1 aliphatic rings. The summed E-state index contributed by atoms with van der Waals surface area (Å²) < 4.78 is 0. The number of benzene rings is 1. The van der Waals surface area contributed by atoms with Gasteiger partial charge in [-0.25, -0.2) is 0 Å². The van der Waals surface area contributed by atoms with Gasteiger partial charge in [-0.1, -0.05) is 45.9 Å². The highest BCUT2D eigenvalue weighted by atomic mass is 16.2. The Labute approximate surface area is 140 Å². The summed E-state index contributed by atoms with van der Waals surface area (Å²) >= 11 is 0. The van der Waals surface area contributed by atoms with Gasteiger partial charge < -0.3 is 11.1 Å². The van der Waals surface area contributed by atoms with Crippen molar-refractivity contribution < 1.29 is 9.59 Å². The maximum absolute atomic E-state index is 11.2. The van der Waals surface area contributed by atoms with Crippen LogP contribution in [-0.2, 0) is 22.6 Å². The van der Waals surface area contributed by atoms with E-state index in [-0.39, 0.29) is 6.04 Å². The van der Waals surface area contributed by atoms with Crippen LogP contribution >= 0.6 is 0 Å². The van der Waals surface area contributed by atoms with Gasteiger partial charge in [0, 0.05) is 18.3 Å². The number of nitrogens with two attached hydrogens (primary N) is 1. The summed E-state index contributed by atoms with van der Waals surface area (Å²) in [6.45, 7) is 10.2. The second kappa shape index (κ2) is 11.6. The van der Waals surface area contributed by atoms with E-state index >= 15 is 0 Å². The molecule has 0 bridgehead atoms. The second-order valence-corrected chi connectivity index (χ2v) is 4.80. The van der Waals surface area contributed by atoms with Crippen molar-refractivity contribution in [3.8, 4) is 0 Å². The molecule has 128 valence electrons. The molecule has 0 aromatic heterocycles. The standard InChI is InChI=1S/C15H18N2O2.2C2H6/c1-10(15(19)9-18)8-17-14-5-4-12-3-2-11(7-16)6-13(12)14;2*1-2/h2-3,6,8-9,14,17H,4-5,7,16H2,1H3;2*1-2H3/b10-8+;;. The van der Waals surface area contributed by atoms with Crippen molar-refractivity contribution in [1.82, 2.24) is 5.32 Å². The maximum Gasteiger partial charge on any atom is 0.222 e. The highest BCUT2D eigenvalue weighted by molar-refractivity contribution is 6.32. The minimum atomic E-state index is -0.485. The van der Waals surface area contributed by atoms with Gasteiger partial charge in [0.15, 0.2) is 6.29 Å². The Hall–Kier alpha value is -1.94. The first-order chi connectivity index (χ1) is 11.2. The smallest absolute Gasteiger partial charge is 0.222 e. The molecule has 1 aromatic carbocycles. The van der Waals surface area contributed by atoms with Crippen molar-refractivity contribution in [2.24, 2.45) is 5.73 Å². The van der Waals surface area contributed by atoms with Crippen LogP contribution in [0.15, 0.2) is 30.0 Å². The van der Waals surface area contributed by atoms with E-state index in [1.165, 1.54) is 11.1 Å². The third-order valence-corrected chi connectivity index (χ3v) is 3.52. The van der Waals surface area contributed by atoms with Gasteiger partial charge in [-0.05, 0) is 36.5 Å². The predicted octanol–water partition coefficient (Wildman–Crippen LogP) is 3.45. The van der Waals surface area contributed by atoms with Gasteiger partial charge in [0.1, 0.15) is 0 Å². The van der Waals surface area contributed by atoms with Gasteiger partial charge >= 0.3 is 0 Å². The van der Waals surface area contributed by atoms with E-state index in [2.05, 4.69) is 23.5 Å². The number of fused-ring (bicyclic) bond motifs is 1. The molecule has 0 saturated carbocycles. The molecule has 4 nitrogen and oxygen atoms in total. The Balaban J connectivity index is 0.00000112. The van der Waals surface area contributed by atoms with Crippen molar-refractivity contribution in [1.29, 1.82) is 0 Å². The molecule has 0 amide bonds. The summed E-state index contributed by atoms with van der Waals surface area (Å²) in [4.78, 5) is 21.6. The molecule has 0 radical (unpaired) electrons. The molecule has 0 aliphatic heterocycles. The van der Waals surface area contributed by atoms with Crippen LogP contribution in [0, 0.1) is 0 Å². The number of aldehydes is 1. The molecule has 0 fully saturated rings. The molecule has 1 aromatic rings. The number of allylic oxidation sites excluding steroid dienone is 1. The summed E-state index contributed by atoms with van der Waals surface area (Å²) in [5.41, 5.74) is 9.75. The fraction of sp³-hybridized carbons (Fsp3) is 0.474. The summed E-state index contributed by atoms with van der Waals surface area (Å²) in [7, 11) is 0. The molecule has 1 aliphatic carbocycles. The molecule has 4 heteroatoms. The zero-order valence-corrected chi connectivity index (χ0v) is 15.0. The minimum absolute atomic E-state index is 0.191. The van der Waals surface area contributed by atoms with Crippen LogP contribution in [0.1, 0.15) is 63.8 Å². The summed E-state index contributed by atoms with van der Waals surface area (Å²) in [6, 6.07) is 6.48. The number of rotatable bonds is 5. The predicted molar refractivity (Wildman–Crippen MR) is 96.1 cm³/mol. The Morgan fingerprint density at radius 2 is 1.96 bits per heavy atom. The van der Waals surface area contributed by atoms with E-state index in [1.54, 1.807) is 13.1 Å². The summed E-state index contributed by atoms with van der Waals surface area (Å²) in [5, 5.41) is 3.22. The van der Waals surface area contributed by atoms with Crippen LogP contribution in [-0.4, -0.2) is 12.1 Å². The van der Waals surface area contributed by atoms with Crippen molar-refractivity contribution in [3.05, 3.63) is 46.7 Å². The number of Topliss-reactive ketones (excluding diaryl/α,β-unsaturated/α-hetero) is 1. The van der Waals surface area contributed by atoms with Crippen LogP contribution in [0.4, 0.5) is 0 Å². The largest absolute Gasteiger partial charge is 0.384 e. The van der Waals surface area contributed by atoms with Crippen molar-refractivity contribution in [2.75, 3.05) is 0 Å². The van der Waals surface area contributed by atoms with Gasteiger partial charge in [0.2, 0.25) is 5.78 Å². The van der Waals surface area contributed by atoms with Crippen LogP contribution < -0.4 is 11.1 Å². The van der Waals surface area contributed by atoms with E-state index in [1.807, 2.05) is 27.7 Å². The van der Waals surface area contributed by atoms with E-state index in [4.69, 9.17) is 5.73 Å². The van der Waals surface area contributed by atoms with E-state index in [0.29, 0.717) is 18.4 Å². The fourth-order valence-electron chi connectivity index (χ4n) is 2.34. The molecule has 1 unspecified atom stereocenters. The highest BCUT2D eigenvalue weighted by Gasteiger charge is 2.21. The average Bonchev–Trinajstić information content (AvgIpc) is 3.04. The SMILES string of the molecule is C/C(=C\NC1CCc2ccc(CN)cc21)C(=O)C=O.CC.CC. The lowest BCUT2D eigenvalue weighted by molar-refractivity contribution is -0.127. The van der Waals surface area contributed by atoms with E-state index in [0.717, 1.165) is 18.4 Å². The average molecular weight is 318 g/mol. The number of aryl methyl sites for hydroxylation is 1. The highest BCUT2D eigenvalue weighted by Crippen LogP contribution is 2.31. The first-order valence-corrected chi connectivity index (χ1v) is 8.39. The Kier molecular flexibility index (Phi) is 10.6. The minimum Gasteiger partial charge on any atom is -0.384 e. The van der Waals surface area contributed by atoms with Gasteiger partial charge in [-0.3, -0.25) is 9.59 Å². The first kappa shape index (κ1) is 21.1. The molecule has 0 saturated heterocycles. The first-order valence-electron chi connectivity index (χ1n) is 8.39. The van der Waals surface area contributed by atoms with E-state index in [9.17, 15) is 9.59 Å². The molecular weight excluding hydrogens is 288 g/mol. The van der Waals surface area contributed by atoms with Crippen molar-refractivity contribution >= 4 is 12.1 Å². The molecule has 2 rings (SSSR count). The molecule has 1 atom stereocenters. The lowest BCUT2D eigenvalue weighted by Crippen LogP contribution is -2.15. The lowest BCUT2D eigenvalue weighted by atomic mass is 10.0. The van der Waals surface area contributed by atoms with E-state index < -0.39 is 5.78 Å². The Morgan fingerprint density at radius 1 is 1.30 bits per heavy atom. The van der Waals surface area contributed by atoms with Crippen LogP contribution in [0.3, 0.4) is 0 Å². The number of hydrogen-bond donors (Lipinski definition) is 2. The number of nitrogens with one attached hydrogen (secondary N) is 1.